The van der Waals surface area contributed by atoms with Gasteiger partial charge in [-0.1, -0.05) is 60.7 Å². The Hall–Kier alpha value is -1.64. The van der Waals surface area contributed by atoms with Gasteiger partial charge in [-0.2, -0.15) is 0 Å². The molecule has 0 saturated heterocycles. The Balaban J connectivity index is 2.16. The monoisotopic (exact) mass is 284 g/mol. The van der Waals surface area contributed by atoms with E-state index < -0.39 is 6.10 Å². The summed E-state index contributed by atoms with van der Waals surface area (Å²) in [4.78, 5) is 0. The number of aliphatic hydroxyl groups excluding tert-OH is 2. The first-order chi connectivity index (χ1) is 10.2. The van der Waals surface area contributed by atoms with Crippen molar-refractivity contribution < 1.29 is 10.2 Å². The number of aliphatic hydroxyl groups is 2. The average Bonchev–Trinajstić information content (AvgIpc) is 2.49. The van der Waals surface area contributed by atoms with Gasteiger partial charge in [-0.25, -0.2) is 0 Å². The molecule has 21 heavy (non-hydrogen) atoms. The van der Waals surface area contributed by atoms with Crippen LogP contribution in [0.3, 0.4) is 0 Å². The Kier molecular flexibility index (Phi) is 5.97. The third-order valence-electron chi connectivity index (χ3n) is 3.82. The zero-order chi connectivity index (χ0) is 15.1. The third-order valence-corrected chi connectivity index (χ3v) is 3.82. The highest BCUT2D eigenvalue weighted by Gasteiger charge is 2.22. The SMILES string of the molecule is CC(O)CCCC(O)C(c1ccccc1)c1ccccc1. The third kappa shape index (κ3) is 4.69. The molecule has 2 aromatic rings. The van der Waals surface area contributed by atoms with E-state index in [0.717, 1.165) is 24.0 Å². The van der Waals surface area contributed by atoms with E-state index in [1.807, 2.05) is 36.4 Å². The molecular formula is C19H24O2. The highest BCUT2D eigenvalue weighted by Crippen LogP contribution is 2.30. The number of rotatable bonds is 7. The molecule has 0 radical (unpaired) electrons. The van der Waals surface area contributed by atoms with E-state index >= 15 is 0 Å². The van der Waals surface area contributed by atoms with E-state index in [-0.39, 0.29) is 12.0 Å². The lowest BCUT2D eigenvalue weighted by atomic mass is 9.84. The molecule has 0 fully saturated rings. The molecule has 0 spiro atoms. The fourth-order valence-electron chi connectivity index (χ4n) is 2.75. The summed E-state index contributed by atoms with van der Waals surface area (Å²) >= 11 is 0. The van der Waals surface area contributed by atoms with E-state index in [0.29, 0.717) is 6.42 Å². The molecule has 2 heteroatoms. The maximum absolute atomic E-state index is 10.6. The van der Waals surface area contributed by atoms with Gasteiger partial charge >= 0.3 is 0 Å². The average molecular weight is 284 g/mol. The fourth-order valence-corrected chi connectivity index (χ4v) is 2.75. The van der Waals surface area contributed by atoms with Crippen LogP contribution in [0.5, 0.6) is 0 Å². The lowest BCUT2D eigenvalue weighted by molar-refractivity contribution is 0.129. The molecule has 2 rings (SSSR count). The van der Waals surface area contributed by atoms with Crippen LogP contribution in [-0.2, 0) is 0 Å². The summed E-state index contributed by atoms with van der Waals surface area (Å²) in [7, 11) is 0. The zero-order valence-corrected chi connectivity index (χ0v) is 12.5. The van der Waals surface area contributed by atoms with Crippen LogP contribution in [0, 0.1) is 0 Å². The van der Waals surface area contributed by atoms with Crippen LogP contribution < -0.4 is 0 Å². The number of hydrogen-bond acceptors (Lipinski definition) is 2. The van der Waals surface area contributed by atoms with Crippen LogP contribution in [0.2, 0.25) is 0 Å². The predicted octanol–water partition coefficient (Wildman–Crippen LogP) is 3.73. The molecule has 0 aliphatic carbocycles. The first-order valence-electron chi connectivity index (χ1n) is 7.64. The fraction of sp³-hybridized carbons (Fsp3) is 0.368. The highest BCUT2D eigenvalue weighted by molar-refractivity contribution is 5.33. The number of benzene rings is 2. The first kappa shape index (κ1) is 15.7. The van der Waals surface area contributed by atoms with E-state index in [1.165, 1.54) is 0 Å². The maximum Gasteiger partial charge on any atom is 0.0649 e. The van der Waals surface area contributed by atoms with Gasteiger partial charge in [0.25, 0.3) is 0 Å². The second kappa shape index (κ2) is 7.96. The smallest absolute Gasteiger partial charge is 0.0649 e. The molecular weight excluding hydrogens is 260 g/mol. The summed E-state index contributed by atoms with van der Waals surface area (Å²) in [5, 5.41) is 20.0. The molecule has 0 saturated carbocycles. The van der Waals surface area contributed by atoms with Crippen molar-refractivity contribution in [3.63, 3.8) is 0 Å². The van der Waals surface area contributed by atoms with Gasteiger partial charge in [0.05, 0.1) is 12.2 Å². The first-order valence-corrected chi connectivity index (χ1v) is 7.64. The highest BCUT2D eigenvalue weighted by atomic mass is 16.3. The van der Waals surface area contributed by atoms with E-state index in [1.54, 1.807) is 6.92 Å². The molecule has 2 atom stereocenters. The van der Waals surface area contributed by atoms with Gasteiger partial charge in [0, 0.05) is 5.92 Å². The Morgan fingerprint density at radius 3 is 1.67 bits per heavy atom. The Labute approximate surface area is 127 Å². The molecule has 0 aliphatic heterocycles. The molecule has 0 amide bonds. The topological polar surface area (TPSA) is 40.5 Å². The molecule has 2 unspecified atom stereocenters. The minimum Gasteiger partial charge on any atom is -0.393 e. The molecule has 112 valence electrons. The maximum atomic E-state index is 10.6. The lowest BCUT2D eigenvalue weighted by Crippen LogP contribution is -2.20. The van der Waals surface area contributed by atoms with E-state index in [4.69, 9.17) is 0 Å². The van der Waals surface area contributed by atoms with Gasteiger partial charge in [-0.15, -0.1) is 0 Å². The van der Waals surface area contributed by atoms with Crippen molar-refractivity contribution in [3.8, 4) is 0 Å². The van der Waals surface area contributed by atoms with Gasteiger partial charge < -0.3 is 10.2 Å². The summed E-state index contributed by atoms with van der Waals surface area (Å²) in [5.74, 6) is -0.0126. The number of hydrogen-bond donors (Lipinski definition) is 2. The molecule has 2 nitrogen and oxygen atoms in total. The summed E-state index contributed by atoms with van der Waals surface area (Å²) in [5.41, 5.74) is 2.27. The minimum absolute atomic E-state index is 0.0126. The summed E-state index contributed by atoms with van der Waals surface area (Å²) in [6.07, 6.45) is 1.51. The lowest BCUT2D eigenvalue weighted by Gasteiger charge is -2.24. The molecule has 0 aliphatic rings. The second-order valence-electron chi connectivity index (χ2n) is 5.65. The second-order valence-corrected chi connectivity index (χ2v) is 5.65. The van der Waals surface area contributed by atoms with Crippen LogP contribution in [0.15, 0.2) is 60.7 Å². The van der Waals surface area contributed by atoms with Crippen LogP contribution >= 0.6 is 0 Å². The quantitative estimate of drug-likeness (QED) is 0.813. The van der Waals surface area contributed by atoms with Crippen LogP contribution in [0.25, 0.3) is 0 Å². The van der Waals surface area contributed by atoms with Crippen molar-refractivity contribution in [2.24, 2.45) is 0 Å². The molecule has 2 aromatic carbocycles. The van der Waals surface area contributed by atoms with Crippen molar-refractivity contribution in [3.05, 3.63) is 71.8 Å². The summed E-state index contributed by atoms with van der Waals surface area (Å²) in [6, 6.07) is 20.3. The van der Waals surface area contributed by atoms with Crippen molar-refractivity contribution >= 4 is 0 Å². The van der Waals surface area contributed by atoms with Gasteiger partial charge in [-0.3, -0.25) is 0 Å². The Morgan fingerprint density at radius 2 is 1.24 bits per heavy atom. The zero-order valence-electron chi connectivity index (χ0n) is 12.5. The normalized spacial score (nSPS) is 14.1. The largest absolute Gasteiger partial charge is 0.393 e. The summed E-state index contributed by atoms with van der Waals surface area (Å²) < 4.78 is 0. The van der Waals surface area contributed by atoms with Gasteiger partial charge in [0.15, 0.2) is 0 Å². The van der Waals surface area contributed by atoms with Gasteiger partial charge in [0.2, 0.25) is 0 Å². The Morgan fingerprint density at radius 1 is 0.762 bits per heavy atom. The predicted molar refractivity (Wildman–Crippen MR) is 86.3 cm³/mol. The van der Waals surface area contributed by atoms with Crippen molar-refractivity contribution in [2.75, 3.05) is 0 Å². The van der Waals surface area contributed by atoms with Crippen LogP contribution in [0.1, 0.15) is 43.2 Å². The van der Waals surface area contributed by atoms with Gasteiger partial charge in [-0.05, 0) is 37.3 Å². The van der Waals surface area contributed by atoms with Gasteiger partial charge in [0.1, 0.15) is 0 Å². The molecule has 0 bridgehead atoms. The molecule has 2 N–H and O–H groups in total. The van der Waals surface area contributed by atoms with Crippen LogP contribution in [-0.4, -0.2) is 22.4 Å². The van der Waals surface area contributed by atoms with E-state index in [9.17, 15) is 10.2 Å². The standard InChI is InChI=1S/C19H24O2/c1-15(20)9-8-14-18(21)19(16-10-4-2-5-11-16)17-12-6-3-7-13-17/h2-7,10-13,15,18-21H,8-9,14H2,1H3. The molecule has 0 aromatic heterocycles. The van der Waals surface area contributed by atoms with Crippen molar-refractivity contribution in [1.82, 2.24) is 0 Å². The minimum atomic E-state index is -0.437. The van der Waals surface area contributed by atoms with Crippen LogP contribution in [0.4, 0.5) is 0 Å². The van der Waals surface area contributed by atoms with Crippen molar-refractivity contribution in [1.29, 1.82) is 0 Å². The summed E-state index contributed by atoms with van der Waals surface area (Å²) in [6.45, 7) is 1.79. The van der Waals surface area contributed by atoms with E-state index in [2.05, 4.69) is 24.3 Å². The van der Waals surface area contributed by atoms with Crippen molar-refractivity contribution in [2.45, 2.75) is 44.3 Å². The Bertz CT molecular complexity index is 468. The molecule has 0 heterocycles.